The zero-order chi connectivity index (χ0) is 43.7. The largest absolute Gasteiger partial charge is 0.403 e. The highest BCUT2D eigenvalue weighted by Crippen LogP contribution is 2.28. The number of nitrogen functional groups attached to an aromatic ring is 2. The summed E-state index contributed by atoms with van der Waals surface area (Å²) in [6.07, 6.45) is 0. The molecule has 6 aromatic carbocycles. The van der Waals surface area contributed by atoms with E-state index in [0.717, 1.165) is 42.5 Å². The molecule has 3 heterocycles. The molecule has 0 radical (unpaired) electrons. The second-order valence-electron chi connectivity index (χ2n) is 12.5. The maximum absolute atomic E-state index is 13.7. The summed E-state index contributed by atoms with van der Waals surface area (Å²) in [5.74, 6) is -9.37. The first-order valence-corrected chi connectivity index (χ1v) is 17.1. The molecule has 0 saturated heterocycles. The quantitative estimate of drug-likeness (QED) is 0.128. The van der Waals surface area contributed by atoms with Crippen molar-refractivity contribution in [2.45, 2.75) is 0 Å². The van der Waals surface area contributed by atoms with Gasteiger partial charge in [0.15, 0.2) is 11.6 Å². The van der Waals surface area contributed by atoms with Gasteiger partial charge in [-0.05, 0) is 72.8 Å². The van der Waals surface area contributed by atoms with Crippen molar-refractivity contribution in [1.82, 2.24) is 15.0 Å². The van der Waals surface area contributed by atoms with Crippen molar-refractivity contribution in [3.63, 3.8) is 0 Å². The second kappa shape index (κ2) is 16.6. The topological polar surface area (TPSA) is 181 Å². The van der Waals surface area contributed by atoms with E-state index < -0.39 is 97.8 Å². The van der Waals surface area contributed by atoms with Crippen LogP contribution in [0.4, 0.5) is 46.5 Å². The minimum absolute atomic E-state index is 0.0907. The highest BCUT2D eigenvalue weighted by Gasteiger charge is 2.20. The van der Waals surface area contributed by atoms with Gasteiger partial charge in [-0.3, -0.25) is 0 Å². The number of nitrogens with two attached hydrogens (primary N) is 2. The van der Waals surface area contributed by atoms with Crippen LogP contribution >= 0.6 is 0 Å². The van der Waals surface area contributed by atoms with Crippen molar-refractivity contribution >= 4 is 44.1 Å². The fourth-order valence-corrected chi connectivity index (χ4v) is 5.73. The van der Waals surface area contributed by atoms with Crippen LogP contribution < -0.4 is 28.3 Å². The third-order valence-electron chi connectivity index (χ3n) is 8.54. The van der Waals surface area contributed by atoms with Gasteiger partial charge in [0.1, 0.15) is 57.0 Å². The zero-order valence-corrected chi connectivity index (χ0v) is 30.3. The van der Waals surface area contributed by atoms with Crippen molar-refractivity contribution in [2.24, 2.45) is 0 Å². The van der Waals surface area contributed by atoms with Gasteiger partial charge in [0.2, 0.25) is 17.7 Å². The summed E-state index contributed by atoms with van der Waals surface area (Å²) in [5, 5.41) is -0.0397. The lowest BCUT2D eigenvalue weighted by Crippen LogP contribution is -2.07. The summed E-state index contributed by atoms with van der Waals surface area (Å²) in [6, 6.07) is 20.0. The Balaban J connectivity index is 0.000000138. The van der Waals surface area contributed by atoms with E-state index in [4.69, 9.17) is 24.7 Å². The maximum atomic E-state index is 13.7. The summed E-state index contributed by atoms with van der Waals surface area (Å²) in [4.78, 5) is 47.0. The Kier molecular flexibility index (Phi) is 11.1. The predicted molar refractivity (Wildman–Crippen MR) is 206 cm³/mol. The molecule has 9 rings (SSSR count). The Morgan fingerprint density at radius 3 is 1.28 bits per heavy atom. The van der Waals surface area contributed by atoms with Gasteiger partial charge >= 0.3 is 16.9 Å². The minimum Gasteiger partial charge on any atom is -0.403 e. The molecule has 3 aromatic heterocycles. The number of nitrogens with zero attached hydrogens (tertiary/aromatic N) is 3. The number of aromatic nitrogens is 3. The third-order valence-corrected chi connectivity index (χ3v) is 8.54. The molecule has 61 heavy (non-hydrogen) atoms. The molecular weight excluding hydrogens is 822 g/mol. The number of benzene rings is 6. The molecule has 9 aromatic rings. The Morgan fingerprint density at radius 2 is 0.787 bits per heavy atom. The Bertz CT molecular complexity index is 3260. The molecule has 0 saturated carbocycles. The lowest BCUT2D eigenvalue weighted by molar-refractivity contribution is 0.494. The molecule has 0 aliphatic carbocycles. The van der Waals surface area contributed by atoms with Crippen molar-refractivity contribution in [3.8, 4) is 34.4 Å². The molecule has 19 heteroatoms. The van der Waals surface area contributed by atoms with Gasteiger partial charge in [-0.15, -0.1) is 0 Å². The van der Waals surface area contributed by atoms with E-state index in [0.29, 0.717) is 17.8 Å². The molecule has 0 unspecified atom stereocenters. The van der Waals surface area contributed by atoms with Crippen molar-refractivity contribution in [3.05, 3.63) is 181 Å². The van der Waals surface area contributed by atoms with E-state index in [2.05, 4.69) is 15.0 Å². The molecule has 11 nitrogen and oxygen atoms in total. The van der Waals surface area contributed by atoms with Gasteiger partial charge in [0.25, 0.3) is 0 Å². The fourth-order valence-electron chi connectivity index (χ4n) is 5.73. The first-order valence-electron chi connectivity index (χ1n) is 17.1. The fraction of sp³-hybridized carbons (Fsp3) is 0. The molecule has 4 N–H and O–H groups in total. The van der Waals surface area contributed by atoms with E-state index in [1.165, 1.54) is 42.5 Å². The highest BCUT2D eigenvalue weighted by molar-refractivity contribution is 5.89. The normalized spacial score (nSPS) is 11.0. The van der Waals surface area contributed by atoms with Crippen LogP contribution in [0.1, 0.15) is 0 Å². The van der Waals surface area contributed by atoms with Crippen LogP contribution in [0.3, 0.4) is 0 Å². The van der Waals surface area contributed by atoms with E-state index in [1.807, 2.05) is 0 Å². The van der Waals surface area contributed by atoms with Crippen LogP contribution in [0.25, 0.3) is 67.1 Å². The van der Waals surface area contributed by atoms with Gasteiger partial charge in [0, 0.05) is 17.4 Å². The second-order valence-corrected chi connectivity index (χ2v) is 12.5. The molecule has 306 valence electrons. The number of halogens is 8. The number of hydrogen-bond donors (Lipinski definition) is 2. The van der Waals surface area contributed by atoms with Crippen molar-refractivity contribution in [2.75, 3.05) is 11.5 Å². The zero-order valence-electron chi connectivity index (χ0n) is 30.3. The van der Waals surface area contributed by atoms with E-state index in [9.17, 15) is 49.5 Å². The first-order chi connectivity index (χ1) is 29.1. The van der Waals surface area contributed by atoms with Crippen molar-refractivity contribution < 1.29 is 48.4 Å². The van der Waals surface area contributed by atoms with Gasteiger partial charge < -0.3 is 24.7 Å². The molecule has 0 bridgehead atoms. The molecule has 0 aliphatic rings. The molecule has 0 aliphatic heterocycles. The smallest absolute Gasteiger partial charge is 0.349 e. The third kappa shape index (κ3) is 8.24. The standard InChI is InChI=1S/C14H5F4NO2.2C14H8F2N2O2/c15-7-2-1-3-8(16)12(7)13-19-11-5-10(18)9(17)4-6(11)14(20)21-13;15-7-3-1-4-8(16)11(7)13-18-10-6-2-5-9(17)12(10)14(19)20-13;15-9-2-1-3-10(16)12(9)13-18-11-6-7(17)4-5-8(11)14(19)20-13/h1-5H;2*1-6H,17H2. The van der Waals surface area contributed by atoms with Gasteiger partial charge in [-0.25, -0.2) is 64.5 Å². The predicted octanol–water partition coefficient (Wildman–Crippen LogP) is 8.84. The van der Waals surface area contributed by atoms with Gasteiger partial charge in [-0.2, -0.15) is 0 Å². The lowest BCUT2D eigenvalue weighted by Gasteiger charge is -2.05. The van der Waals surface area contributed by atoms with Crippen LogP contribution in [0, 0.1) is 46.5 Å². The van der Waals surface area contributed by atoms with Crippen LogP contribution in [-0.4, -0.2) is 15.0 Å². The Labute approximate surface area is 333 Å². The highest BCUT2D eigenvalue weighted by atomic mass is 19.2. The van der Waals surface area contributed by atoms with Crippen molar-refractivity contribution in [1.29, 1.82) is 0 Å². The maximum Gasteiger partial charge on any atom is 0.349 e. The molecule has 0 atom stereocenters. The number of rotatable bonds is 3. The lowest BCUT2D eigenvalue weighted by atomic mass is 10.1. The molecular formula is C42H21F8N5O6. The minimum atomic E-state index is -1.25. The van der Waals surface area contributed by atoms with E-state index >= 15 is 0 Å². The van der Waals surface area contributed by atoms with Crippen LogP contribution in [0.5, 0.6) is 0 Å². The van der Waals surface area contributed by atoms with Crippen LogP contribution in [-0.2, 0) is 0 Å². The summed E-state index contributed by atoms with van der Waals surface area (Å²) >= 11 is 0. The molecule has 0 fully saturated rings. The molecule has 0 spiro atoms. The van der Waals surface area contributed by atoms with Gasteiger partial charge in [-0.1, -0.05) is 24.3 Å². The van der Waals surface area contributed by atoms with Crippen LogP contribution in [0.15, 0.2) is 131 Å². The number of anilines is 2. The number of hydrogen-bond acceptors (Lipinski definition) is 11. The van der Waals surface area contributed by atoms with Gasteiger partial charge in [0.05, 0.1) is 27.3 Å². The Hall–Kier alpha value is -8.22. The number of fused-ring (bicyclic) bond motifs is 3. The van der Waals surface area contributed by atoms with E-state index in [-0.39, 0.29) is 38.4 Å². The summed E-state index contributed by atoms with van der Waals surface area (Å²) in [5.41, 5.74) is 7.83. The molecule has 0 amide bonds. The van der Waals surface area contributed by atoms with E-state index in [1.54, 1.807) is 6.07 Å². The average molecular weight is 844 g/mol. The first kappa shape index (κ1) is 41.0. The Morgan fingerprint density at radius 1 is 0.393 bits per heavy atom. The SMILES string of the molecule is Nc1ccc2c(=O)oc(-c3c(F)cccc3F)nc2c1.Nc1cccc2nc(-c3c(F)cccc3F)oc(=O)c12.O=c1oc(-c2c(F)cccc2F)nc2cc(F)c(F)cc12. The summed E-state index contributed by atoms with van der Waals surface area (Å²) in [6.45, 7) is 0. The van der Waals surface area contributed by atoms with Crippen LogP contribution in [0.2, 0.25) is 0 Å². The monoisotopic (exact) mass is 843 g/mol. The average Bonchev–Trinajstić information content (AvgIpc) is 3.19. The summed E-state index contributed by atoms with van der Waals surface area (Å²) < 4.78 is 123. The summed E-state index contributed by atoms with van der Waals surface area (Å²) in [7, 11) is 0.